The number of rotatable bonds is 8. The van der Waals surface area contributed by atoms with Gasteiger partial charge in [0.15, 0.2) is 0 Å². The van der Waals surface area contributed by atoms with Gasteiger partial charge in [-0.1, -0.05) is 6.07 Å². The van der Waals surface area contributed by atoms with Crippen molar-refractivity contribution in [3.05, 3.63) is 22.4 Å². The molecule has 2 atom stereocenters. The number of thiophene rings is 1. The van der Waals surface area contributed by atoms with E-state index in [9.17, 15) is 5.11 Å². The number of ether oxygens (including phenoxy) is 1. The lowest BCUT2D eigenvalue weighted by Gasteiger charge is -2.27. The van der Waals surface area contributed by atoms with E-state index in [0.717, 1.165) is 5.92 Å². The molecule has 0 saturated heterocycles. The molecule has 1 saturated carbocycles. The summed E-state index contributed by atoms with van der Waals surface area (Å²) in [5.41, 5.74) is -0.694. The van der Waals surface area contributed by atoms with Gasteiger partial charge in [-0.2, -0.15) is 0 Å². The highest BCUT2D eigenvalue weighted by molar-refractivity contribution is 7.10. The zero-order valence-corrected chi connectivity index (χ0v) is 12.0. The summed E-state index contributed by atoms with van der Waals surface area (Å²) < 4.78 is 5.03. The van der Waals surface area contributed by atoms with Crippen molar-refractivity contribution in [3.8, 4) is 0 Å². The fourth-order valence-corrected chi connectivity index (χ4v) is 3.03. The van der Waals surface area contributed by atoms with Crippen molar-refractivity contribution in [1.82, 2.24) is 5.32 Å². The van der Waals surface area contributed by atoms with Gasteiger partial charge in [-0.3, -0.25) is 0 Å². The lowest BCUT2D eigenvalue weighted by Crippen LogP contribution is -2.40. The number of methoxy groups -OCH3 is 1. The fraction of sp³-hybridized carbons (Fsp3) is 0.714. The van der Waals surface area contributed by atoms with Gasteiger partial charge in [0, 0.05) is 37.6 Å². The molecule has 4 heteroatoms. The lowest BCUT2D eigenvalue weighted by molar-refractivity contribution is 0.0222. The van der Waals surface area contributed by atoms with Crippen molar-refractivity contribution < 1.29 is 9.84 Å². The molecule has 0 aromatic carbocycles. The normalized spacial score (nSPS) is 20.6. The van der Waals surface area contributed by atoms with Gasteiger partial charge in [-0.05, 0) is 37.1 Å². The zero-order chi connectivity index (χ0) is 13.0. The molecule has 2 N–H and O–H groups in total. The molecular formula is C14H23NO2S. The maximum atomic E-state index is 10.3. The molecule has 2 unspecified atom stereocenters. The summed E-state index contributed by atoms with van der Waals surface area (Å²) in [5, 5.41) is 15.9. The topological polar surface area (TPSA) is 41.5 Å². The Bertz CT molecular complexity index is 347. The molecule has 0 bridgehead atoms. The van der Waals surface area contributed by atoms with Crippen molar-refractivity contribution in [2.75, 3.05) is 20.3 Å². The van der Waals surface area contributed by atoms with Crippen molar-refractivity contribution in [3.63, 3.8) is 0 Å². The van der Waals surface area contributed by atoms with Gasteiger partial charge >= 0.3 is 0 Å². The van der Waals surface area contributed by atoms with Gasteiger partial charge in [0.1, 0.15) is 0 Å². The quantitative estimate of drug-likeness (QED) is 0.762. The van der Waals surface area contributed by atoms with Crippen molar-refractivity contribution in [2.24, 2.45) is 5.92 Å². The first-order chi connectivity index (χ1) is 8.62. The molecule has 18 heavy (non-hydrogen) atoms. The third-order valence-corrected chi connectivity index (χ3v) is 4.45. The van der Waals surface area contributed by atoms with Gasteiger partial charge in [-0.15, -0.1) is 11.3 Å². The molecule has 0 spiro atoms. The molecule has 3 nitrogen and oxygen atoms in total. The molecule has 0 aliphatic heterocycles. The van der Waals surface area contributed by atoms with Crippen LogP contribution in [-0.4, -0.2) is 31.0 Å². The second-order valence-corrected chi connectivity index (χ2v) is 6.43. The molecule has 0 amide bonds. The summed E-state index contributed by atoms with van der Waals surface area (Å²) in [4.78, 5) is 1.39. The van der Waals surface area contributed by atoms with Gasteiger partial charge in [0.05, 0.1) is 5.60 Å². The maximum absolute atomic E-state index is 10.3. The van der Waals surface area contributed by atoms with Gasteiger partial charge in [0.2, 0.25) is 0 Å². The molecular weight excluding hydrogens is 246 g/mol. The number of aliphatic hydroxyl groups is 1. The van der Waals surface area contributed by atoms with Gasteiger partial charge < -0.3 is 15.2 Å². The molecule has 1 aliphatic rings. The average molecular weight is 269 g/mol. The average Bonchev–Trinajstić information content (AvgIpc) is 3.02. The third kappa shape index (κ3) is 4.05. The smallest absolute Gasteiger partial charge is 0.0765 e. The standard InChI is InChI=1S/C14H23NO2S/c1-14(16,7-8-17-2)10-15-13(11-5-6-11)12-4-3-9-18-12/h3-4,9,11,13,15-16H,5-8,10H2,1-2H3. The van der Waals surface area contributed by atoms with Crippen molar-refractivity contribution in [1.29, 1.82) is 0 Å². The Morgan fingerprint density at radius 2 is 2.39 bits per heavy atom. The van der Waals surface area contributed by atoms with Gasteiger partial charge in [0.25, 0.3) is 0 Å². The Morgan fingerprint density at radius 3 is 2.94 bits per heavy atom. The minimum absolute atomic E-state index is 0.416. The summed E-state index contributed by atoms with van der Waals surface area (Å²) in [5.74, 6) is 0.752. The summed E-state index contributed by atoms with van der Waals surface area (Å²) in [6.45, 7) is 3.09. The second-order valence-electron chi connectivity index (χ2n) is 5.45. The summed E-state index contributed by atoms with van der Waals surface area (Å²) >= 11 is 1.80. The van der Waals surface area contributed by atoms with Crippen molar-refractivity contribution in [2.45, 2.75) is 37.8 Å². The van der Waals surface area contributed by atoms with Crippen LogP contribution in [-0.2, 0) is 4.74 Å². The number of nitrogens with one attached hydrogen (secondary N) is 1. The molecule has 1 aromatic rings. The molecule has 1 heterocycles. The summed E-state index contributed by atoms with van der Waals surface area (Å²) in [7, 11) is 1.67. The summed E-state index contributed by atoms with van der Waals surface area (Å²) in [6, 6.07) is 4.70. The molecule has 2 rings (SSSR count). The highest BCUT2D eigenvalue weighted by Crippen LogP contribution is 2.42. The molecule has 0 radical (unpaired) electrons. The second kappa shape index (κ2) is 6.15. The monoisotopic (exact) mass is 269 g/mol. The first kappa shape index (κ1) is 14.0. The number of hydrogen-bond donors (Lipinski definition) is 2. The van der Waals surface area contributed by atoms with Crippen LogP contribution in [0.4, 0.5) is 0 Å². The maximum Gasteiger partial charge on any atom is 0.0765 e. The molecule has 1 aliphatic carbocycles. The van der Waals surface area contributed by atoms with E-state index in [1.54, 1.807) is 18.4 Å². The van der Waals surface area contributed by atoms with Crippen LogP contribution in [0.3, 0.4) is 0 Å². The van der Waals surface area contributed by atoms with E-state index in [0.29, 0.717) is 25.6 Å². The van der Waals surface area contributed by atoms with Crippen LogP contribution in [0.5, 0.6) is 0 Å². The largest absolute Gasteiger partial charge is 0.389 e. The molecule has 102 valence electrons. The Balaban J connectivity index is 1.86. The first-order valence-corrected chi connectivity index (χ1v) is 7.48. The highest BCUT2D eigenvalue weighted by atomic mass is 32.1. The van der Waals surface area contributed by atoms with Crippen LogP contribution in [0.15, 0.2) is 17.5 Å². The lowest BCUT2D eigenvalue weighted by atomic mass is 10.0. The fourth-order valence-electron chi connectivity index (χ4n) is 2.14. The highest BCUT2D eigenvalue weighted by Gasteiger charge is 2.34. The zero-order valence-electron chi connectivity index (χ0n) is 11.2. The van der Waals surface area contributed by atoms with Crippen LogP contribution >= 0.6 is 11.3 Å². The molecule has 1 fully saturated rings. The predicted molar refractivity (Wildman–Crippen MR) is 74.9 cm³/mol. The van der Waals surface area contributed by atoms with E-state index >= 15 is 0 Å². The SMILES string of the molecule is COCCC(C)(O)CNC(c1cccs1)C1CC1. The number of hydrogen-bond acceptors (Lipinski definition) is 4. The van der Waals surface area contributed by atoms with Crippen LogP contribution in [0.1, 0.15) is 37.1 Å². The Morgan fingerprint density at radius 1 is 1.61 bits per heavy atom. The van der Waals surface area contributed by atoms with E-state index in [4.69, 9.17) is 4.74 Å². The predicted octanol–water partition coefficient (Wildman–Crippen LogP) is 2.58. The van der Waals surface area contributed by atoms with E-state index in [1.807, 2.05) is 6.92 Å². The van der Waals surface area contributed by atoms with E-state index in [-0.39, 0.29) is 0 Å². The van der Waals surface area contributed by atoms with E-state index in [1.165, 1.54) is 17.7 Å². The van der Waals surface area contributed by atoms with Gasteiger partial charge in [-0.25, -0.2) is 0 Å². The Kier molecular flexibility index (Phi) is 4.78. The van der Waals surface area contributed by atoms with Crippen LogP contribution in [0.2, 0.25) is 0 Å². The van der Waals surface area contributed by atoms with Crippen LogP contribution < -0.4 is 5.32 Å². The van der Waals surface area contributed by atoms with E-state index < -0.39 is 5.60 Å². The first-order valence-electron chi connectivity index (χ1n) is 6.60. The Hall–Kier alpha value is -0.420. The third-order valence-electron chi connectivity index (χ3n) is 3.49. The van der Waals surface area contributed by atoms with Crippen LogP contribution in [0.25, 0.3) is 0 Å². The molecule has 1 aromatic heterocycles. The minimum Gasteiger partial charge on any atom is -0.389 e. The minimum atomic E-state index is -0.694. The Labute approximate surface area is 113 Å². The summed E-state index contributed by atoms with van der Waals surface area (Å²) in [6.07, 6.45) is 3.27. The van der Waals surface area contributed by atoms with Crippen molar-refractivity contribution >= 4 is 11.3 Å². The van der Waals surface area contributed by atoms with E-state index in [2.05, 4.69) is 22.8 Å². The van der Waals surface area contributed by atoms with Crippen LogP contribution in [0, 0.1) is 5.92 Å².